The first-order valence-electron chi connectivity index (χ1n) is 4.55. The average molecular weight is 199 g/mol. The lowest BCUT2D eigenvalue weighted by Gasteiger charge is -2.10. The Morgan fingerprint density at radius 3 is 2.93 bits per heavy atom. The second-order valence-corrected chi connectivity index (χ2v) is 2.95. The highest BCUT2D eigenvalue weighted by Crippen LogP contribution is 2.20. The van der Waals surface area contributed by atoms with Crippen molar-refractivity contribution >= 4 is 0 Å². The first-order chi connectivity index (χ1) is 7.40. The SMILES string of the molecule is N#Cc1ccccc1OC1=CCOC=C1. The van der Waals surface area contributed by atoms with E-state index in [-0.39, 0.29) is 0 Å². The van der Waals surface area contributed by atoms with Crippen LogP contribution in [0.15, 0.2) is 48.4 Å². The van der Waals surface area contributed by atoms with Crippen molar-refractivity contribution in [1.82, 2.24) is 0 Å². The largest absolute Gasteiger partial charge is 0.497 e. The smallest absolute Gasteiger partial charge is 0.145 e. The fourth-order valence-electron chi connectivity index (χ4n) is 1.22. The molecule has 1 aliphatic heterocycles. The van der Waals surface area contributed by atoms with Gasteiger partial charge in [-0.05, 0) is 18.2 Å². The summed E-state index contributed by atoms with van der Waals surface area (Å²) in [6.07, 6.45) is 5.11. The Balaban J connectivity index is 2.21. The van der Waals surface area contributed by atoms with E-state index in [1.165, 1.54) is 0 Å². The molecule has 0 aromatic heterocycles. The zero-order valence-corrected chi connectivity index (χ0v) is 8.01. The third kappa shape index (κ3) is 2.18. The van der Waals surface area contributed by atoms with Crippen LogP contribution in [0.5, 0.6) is 5.75 Å². The number of ether oxygens (including phenoxy) is 2. The lowest BCUT2D eigenvalue weighted by atomic mass is 10.2. The Bertz CT molecular complexity index is 455. The van der Waals surface area contributed by atoms with Crippen molar-refractivity contribution in [2.24, 2.45) is 0 Å². The number of nitrogens with zero attached hydrogens (tertiary/aromatic N) is 1. The highest BCUT2D eigenvalue weighted by atomic mass is 16.5. The van der Waals surface area contributed by atoms with Crippen molar-refractivity contribution in [1.29, 1.82) is 5.26 Å². The number of para-hydroxylation sites is 1. The molecule has 0 fully saturated rings. The molecule has 3 nitrogen and oxygen atoms in total. The van der Waals surface area contributed by atoms with Crippen LogP contribution in [0.25, 0.3) is 0 Å². The molecule has 0 saturated heterocycles. The van der Waals surface area contributed by atoms with Gasteiger partial charge in [0, 0.05) is 6.08 Å². The van der Waals surface area contributed by atoms with Crippen molar-refractivity contribution in [3.63, 3.8) is 0 Å². The van der Waals surface area contributed by atoms with Gasteiger partial charge < -0.3 is 9.47 Å². The average Bonchev–Trinajstić information content (AvgIpc) is 2.31. The van der Waals surface area contributed by atoms with E-state index >= 15 is 0 Å². The zero-order valence-electron chi connectivity index (χ0n) is 8.01. The molecule has 0 radical (unpaired) electrons. The van der Waals surface area contributed by atoms with Gasteiger partial charge in [0.25, 0.3) is 0 Å². The van der Waals surface area contributed by atoms with Crippen LogP contribution >= 0.6 is 0 Å². The molecule has 0 amide bonds. The molecule has 0 atom stereocenters. The highest BCUT2D eigenvalue weighted by Gasteiger charge is 2.05. The maximum absolute atomic E-state index is 8.86. The van der Waals surface area contributed by atoms with Crippen LogP contribution < -0.4 is 4.74 Å². The molecular formula is C12H9NO2. The van der Waals surface area contributed by atoms with Gasteiger partial charge in [-0.1, -0.05) is 12.1 Å². The van der Waals surface area contributed by atoms with Crippen LogP contribution in [-0.4, -0.2) is 6.61 Å². The maximum Gasteiger partial charge on any atom is 0.145 e. The minimum Gasteiger partial charge on any atom is -0.497 e. The van der Waals surface area contributed by atoms with Gasteiger partial charge in [-0.15, -0.1) is 0 Å². The third-order valence-electron chi connectivity index (χ3n) is 1.94. The third-order valence-corrected chi connectivity index (χ3v) is 1.94. The summed E-state index contributed by atoms with van der Waals surface area (Å²) in [5.41, 5.74) is 0.526. The summed E-state index contributed by atoms with van der Waals surface area (Å²) in [4.78, 5) is 0. The first-order valence-corrected chi connectivity index (χ1v) is 4.55. The molecule has 0 N–H and O–H groups in total. The van der Waals surface area contributed by atoms with Gasteiger partial charge >= 0.3 is 0 Å². The summed E-state index contributed by atoms with van der Waals surface area (Å²) in [7, 11) is 0. The van der Waals surface area contributed by atoms with E-state index in [2.05, 4.69) is 6.07 Å². The molecule has 0 aliphatic carbocycles. The quantitative estimate of drug-likeness (QED) is 0.734. The summed E-state index contributed by atoms with van der Waals surface area (Å²) in [6.45, 7) is 0.501. The van der Waals surface area contributed by atoms with Gasteiger partial charge in [-0.3, -0.25) is 0 Å². The van der Waals surface area contributed by atoms with Crippen LogP contribution in [0.2, 0.25) is 0 Å². The molecule has 1 aromatic rings. The Hall–Kier alpha value is -2.21. The first kappa shape index (κ1) is 9.35. The van der Waals surface area contributed by atoms with Gasteiger partial charge in [-0.2, -0.15) is 5.26 Å². The van der Waals surface area contributed by atoms with E-state index < -0.39 is 0 Å². The molecule has 0 bridgehead atoms. The number of hydrogen-bond donors (Lipinski definition) is 0. The second kappa shape index (κ2) is 4.34. The number of benzene rings is 1. The molecule has 0 saturated carbocycles. The molecular weight excluding hydrogens is 190 g/mol. The van der Waals surface area contributed by atoms with E-state index in [1.54, 1.807) is 30.5 Å². The molecule has 0 unspecified atom stereocenters. The molecule has 15 heavy (non-hydrogen) atoms. The number of rotatable bonds is 2. The minimum absolute atomic E-state index is 0.501. The molecule has 3 heteroatoms. The van der Waals surface area contributed by atoms with E-state index in [0.29, 0.717) is 23.7 Å². The number of allylic oxidation sites excluding steroid dienone is 1. The molecule has 2 rings (SSSR count). The van der Waals surface area contributed by atoms with Gasteiger partial charge in [0.15, 0.2) is 0 Å². The van der Waals surface area contributed by atoms with Crippen molar-refractivity contribution in [3.8, 4) is 11.8 Å². The monoisotopic (exact) mass is 199 g/mol. The highest BCUT2D eigenvalue weighted by molar-refractivity contribution is 5.44. The fraction of sp³-hybridized carbons (Fsp3) is 0.0833. The normalized spacial score (nSPS) is 13.7. The Morgan fingerprint density at radius 2 is 2.20 bits per heavy atom. The summed E-state index contributed by atoms with van der Waals surface area (Å²) in [5, 5.41) is 8.86. The zero-order chi connectivity index (χ0) is 10.5. The predicted molar refractivity (Wildman–Crippen MR) is 55.0 cm³/mol. The Kier molecular flexibility index (Phi) is 2.70. The summed E-state index contributed by atoms with van der Waals surface area (Å²) < 4.78 is 10.5. The van der Waals surface area contributed by atoms with Crippen molar-refractivity contribution < 1.29 is 9.47 Å². The van der Waals surface area contributed by atoms with Crippen LogP contribution in [0.1, 0.15) is 5.56 Å². The lowest BCUT2D eigenvalue weighted by Crippen LogP contribution is -2.00. The van der Waals surface area contributed by atoms with Crippen LogP contribution in [0.3, 0.4) is 0 Å². The van der Waals surface area contributed by atoms with Gasteiger partial charge in [0.1, 0.15) is 24.2 Å². The van der Waals surface area contributed by atoms with E-state index in [1.807, 2.05) is 12.1 Å². The second-order valence-electron chi connectivity index (χ2n) is 2.95. The summed E-state index contributed by atoms with van der Waals surface area (Å²) >= 11 is 0. The Morgan fingerprint density at radius 1 is 1.33 bits per heavy atom. The Labute approximate surface area is 87.9 Å². The molecule has 1 heterocycles. The molecule has 1 aromatic carbocycles. The molecule has 1 aliphatic rings. The topological polar surface area (TPSA) is 42.2 Å². The van der Waals surface area contributed by atoms with E-state index in [4.69, 9.17) is 14.7 Å². The van der Waals surface area contributed by atoms with Crippen LogP contribution in [-0.2, 0) is 4.74 Å². The minimum atomic E-state index is 0.501. The van der Waals surface area contributed by atoms with Gasteiger partial charge in [-0.25, -0.2) is 0 Å². The maximum atomic E-state index is 8.86. The number of hydrogen-bond acceptors (Lipinski definition) is 3. The predicted octanol–water partition coefficient (Wildman–Crippen LogP) is 2.36. The molecule has 74 valence electrons. The van der Waals surface area contributed by atoms with Crippen molar-refractivity contribution in [3.05, 3.63) is 54.0 Å². The van der Waals surface area contributed by atoms with Crippen LogP contribution in [0.4, 0.5) is 0 Å². The fourth-order valence-corrected chi connectivity index (χ4v) is 1.22. The van der Waals surface area contributed by atoms with Crippen molar-refractivity contribution in [2.45, 2.75) is 0 Å². The van der Waals surface area contributed by atoms with Crippen molar-refractivity contribution in [2.75, 3.05) is 6.61 Å². The van der Waals surface area contributed by atoms with E-state index in [0.717, 1.165) is 0 Å². The standard InChI is InChI=1S/C12H9NO2/c13-9-10-3-1-2-4-12(10)15-11-5-7-14-8-6-11/h1-7H,8H2. The lowest BCUT2D eigenvalue weighted by molar-refractivity contribution is 0.273. The number of nitriles is 1. The van der Waals surface area contributed by atoms with Gasteiger partial charge in [0.05, 0.1) is 11.8 Å². The summed E-state index contributed by atoms with van der Waals surface area (Å²) in [6, 6.07) is 9.20. The van der Waals surface area contributed by atoms with Gasteiger partial charge in [0.2, 0.25) is 0 Å². The summed E-state index contributed by atoms with van der Waals surface area (Å²) in [5.74, 6) is 1.27. The van der Waals surface area contributed by atoms with E-state index in [9.17, 15) is 0 Å². The molecule has 0 spiro atoms. The van der Waals surface area contributed by atoms with Crippen LogP contribution in [0, 0.1) is 11.3 Å².